The molecular weight excluding hydrogens is 444 g/mol. The molecule has 1 saturated heterocycles. The third kappa shape index (κ3) is 4.67. The van der Waals surface area contributed by atoms with Crippen molar-refractivity contribution in [2.24, 2.45) is 0 Å². The van der Waals surface area contributed by atoms with Crippen LogP contribution in [-0.2, 0) is 12.8 Å². The molecule has 1 aliphatic heterocycles. The molecule has 36 heavy (non-hydrogen) atoms. The predicted octanol–water partition coefficient (Wildman–Crippen LogP) is 5.67. The summed E-state index contributed by atoms with van der Waals surface area (Å²) in [5.74, 6) is 0.774. The number of piperidine rings is 1. The standard InChI is InChI=1S/C32H32N2O2/c35-26(22-36-31-15-18-33-30-12-6-5-11-29(30)31)21-34-19-16-25(17-20-34)32-27-9-3-1-7-23(27)13-14-24-8-2-4-10-28(24)32/h1-12,15,18,26,35H,13-14,16-17,19-22H2. The van der Waals surface area contributed by atoms with Crippen LogP contribution >= 0.6 is 0 Å². The van der Waals surface area contributed by atoms with Gasteiger partial charge in [0.2, 0.25) is 0 Å². The van der Waals surface area contributed by atoms with Gasteiger partial charge in [-0.2, -0.15) is 0 Å². The highest BCUT2D eigenvalue weighted by Gasteiger charge is 2.24. The van der Waals surface area contributed by atoms with E-state index in [2.05, 4.69) is 58.4 Å². The molecule has 1 fully saturated rings. The van der Waals surface area contributed by atoms with Crippen LogP contribution in [0.3, 0.4) is 0 Å². The average molecular weight is 477 g/mol. The van der Waals surface area contributed by atoms with Gasteiger partial charge in [0.05, 0.1) is 5.52 Å². The van der Waals surface area contributed by atoms with Crippen molar-refractivity contribution in [3.05, 3.63) is 113 Å². The summed E-state index contributed by atoms with van der Waals surface area (Å²) in [6.45, 7) is 2.81. The lowest BCUT2D eigenvalue weighted by atomic mass is 9.86. The first-order chi connectivity index (χ1) is 17.8. The van der Waals surface area contributed by atoms with Crippen molar-refractivity contribution < 1.29 is 9.84 Å². The molecular formula is C32H32N2O2. The Morgan fingerprint density at radius 3 is 2.14 bits per heavy atom. The molecule has 1 aliphatic carbocycles. The van der Waals surface area contributed by atoms with Gasteiger partial charge in [0.25, 0.3) is 0 Å². The average Bonchev–Trinajstić information content (AvgIpc) is 3.09. The molecule has 3 aromatic carbocycles. The Bertz CT molecular complexity index is 1350. The maximum atomic E-state index is 10.8. The molecule has 0 spiro atoms. The van der Waals surface area contributed by atoms with Gasteiger partial charge in [-0.05, 0) is 71.7 Å². The van der Waals surface area contributed by atoms with Crippen LogP contribution in [0.1, 0.15) is 35.1 Å². The lowest BCUT2D eigenvalue weighted by molar-refractivity contribution is 0.0661. The topological polar surface area (TPSA) is 45.6 Å². The smallest absolute Gasteiger partial charge is 0.130 e. The van der Waals surface area contributed by atoms with Gasteiger partial charge in [-0.15, -0.1) is 0 Å². The van der Waals surface area contributed by atoms with Crippen LogP contribution in [0.25, 0.3) is 16.5 Å². The van der Waals surface area contributed by atoms with Gasteiger partial charge in [-0.1, -0.05) is 66.2 Å². The summed E-state index contributed by atoms with van der Waals surface area (Å²) in [5.41, 5.74) is 9.62. The minimum Gasteiger partial charge on any atom is -0.490 e. The summed E-state index contributed by atoms with van der Waals surface area (Å²) in [4.78, 5) is 6.76. The van der Waals surface area contributed by atoms with Crippen molar-refractivity contribution in [1.82, 2.24) is 9.88 Å². The van der Waals surface area contributed by atoms with Crippen LogP contribution in [0.5, 0.6) is 5.75 Å². The predicted molar refractivity (Wildman–Crippen MR) is 145 cm³/mol. The number of likely N-dealkylation sites (tertiary alicyclic amines) is 1. The number of aliphatic hydroxyl groups is 1. The first-order valence-electron chi connectivity index (χ1n) is 13.0. The van der Waals surface area contributed by atoms with E-state index in [0.29, 0.717) is 6.54 Å². The van der Waals surface area contributed by atoms with Crippen molar-refractivity contribution in [1.29, 1.82) is 0 Å². The molecule has 1 aromatic heterocycles. The second kappa shape index (κ2) is 10.3. The third-order valence-electron chi connectivity index (χ3n) is 7.56. The fourth-order valence-corrected chi connectivity index (χ4v) is 5.75. The molecule has 4 aromatic rings. The minimum absolute atomic E-state index is 0.277. The fraction of sp³-hybridized carbons (Fsp3) is 0.281. The van der Waals surface area contributed by atoms with Crippen molar-refractivity contribution in [2.45, 2.75) is 31.8 Å². The van der Waals surface area contributed by atoms with E-state index in [1.807, 2.05) is 30.3 Å². The molecule has 2 heterocycles. The Hall–Kier alpha value is -3.47. The van der Waals surface area contributed by atoms with Crippen molar-refractivity contribution in [3.8, 4) is 5.75 Å². The number of β-amino-alcohol motifs (C(OH)–C–C–N with tert-alkyl or cyclic N) is 1. The second-order valence-corrected chi connectivity index (χ2v) is 9.88. The number of aryl methyl sites for hydroxylation is 2. The number of ether oxygens (including phenoxy) is 1. The Balaban J connectivity index is 1.14. The van der Waals surface area contributed by atoms with Crippen LogP contribution < -0.4 is 4.74 Å². The molecule has 1 N–H and O–H groups in total. The van der Waals surface area contributed by atoms with Gasteiger partial charge in [-0.3, -0.25) is 9.88 Å². The SMILES string of the molecule is OC(COc1ccnc2ccccc12)CN1CCC(=C2c3ccccc3CCc3ccccc32)CC1. The van der Waals surface area contributed by atoms with Gasteiger partial charge in [-0.25, -0.2) is 0 Å². The molecule has 1 atom stereocenters. The highest BCUT2D eigenvalue weighted by atomic mass is 16.5. The summed E-state index contributed by atoms with van der Waals surface area (Å²) >= 11 is 0. The number of rotatable bonds is 5. The number of benzene rings is 3. The summed E-state index contributed by atoms with van der Waals surface area (Å²) in [6, 6.07) is 27.7. The van der Waals surface area contributed by atoms with Gasteiger partial charge >= 0.3 is 0 Å². The Kier molecular flexibility index (Phi) is 6.54. The molecule has 2 aliphatic rings. The van der Waals surface area contributed by atoms with E-state index in [0.717, 1.165) is 55.4 Å². The van der Waals surface area contributed by atoms with Crippen LogP contribution in [-0.4, -0.2) is 47.3 Å². The minimum atomic E-state index is -0.537. The summed E-state index contributed by atoms with van der Waals surface area (Å²) in [6.07, 6.45) is 5.46. The number of para-hydroxylation sites is 1. The zero-order valence-corrected chi connectivity index (χ0v) is 20.6. The zero-order valence-electron chi connectivity index (χ0n) is 20.6. The summed E-state index contributed by atoms with van der Waals surface area (Å²) < 4.78 is 6.00. The number of aliphatic hydroxyl groups excluding tert-OH is 1. The first-order valence-corrected chi connectivity index (χ1v) is 13.0. The maximum Gasteiger partial charge on any atom is 0.130 e. The molecule has 4 nitrogen and oxygen atoms in total. The van der Waals surface area contributed by atoms with Crippen LogP contribution in [0.2, 0.25) is 0 Å². The highest BCUT2D eigenvalue weighted by Crippen LogP contribution is 2.38. The molecule has 0 radical (unpaired) electrons. The highest BCUT2D eigenvalue weighted by molar-refractivity contribution is 5.86. The zero-order chi connectivity index (χ0) is 24.3. The van der Waals surface area contributed by atoms with Crippen LogP contribution in [0.4, 0.5) is 0 Å². The molecule has 0 saturated carbocycles. The quantitative estimate of drug-likeness (QED) is 0.403. The van der Waals surface area contributed by atoms with Gasteiger partial charge in [0.15, 0.2) is 0 Å². The molecule has 182 valence electrons. The lowest BCUT2D eigenvalue weighted by Gasteiger charge is -2.31. The molecule has 0 bridgehead atoms. The van der Waals surface area contributed by atoms with Crippen LogP contribution in [0, 0.1) is 0 Å². The van der Waals surface area contributed by atoms with E-state index in [1.165, 1.54) is 27.8 Å². The number of fused-ring (bicyclic) bond motifs is 3. The summed E-state index contributed by atoms with van der Waals surface area (Å²) in [7, 11) is 0. The van der Waals surface area contributed by atoms with Crippen molar-refractivity contribution in [3.63, 3.8) is 0 Å². The molecule has 0 amide bonds. The monoisotopic (exact) mass is 476 g/mol. The number of hydrogen-bond acceptors (Lipinski definition) is 4. The lowest BCUT2D eigenvalue weighted by Crippen LogP contribution is -2.39. The van der Waals surface area contributed by atoms with E-state index in [4.69, 9.17) is 4.74 Å². The number of nitrogens with zero attached hydrogens (tertiary/aromatic N) is 2. The van der Waals surface area contributed by atoms with E-state index in [9.17, 15) is 5.11 Å². The normalized spacial score (nSPS) is 16.8. The first kappa shape index (κ1) is 23.0. The van der Waals surface area contributed by atoms with Gasteiger partial charge in [0, 0.05) is 31.2 Å². The molecule has 6 rings (SSSR count). The molecule has 4 heteroatoms. The number of pyridine rings is 1. The Morgan fingerprint density at radius 1 is 0.778 bits per heavy atom. The van der Waals surface area contributed by atoms with E-state index in [-0.39, 0.29) is 6.61 Å². The van der Waals surface area contributed by atoms with Gasteiger partial charge in [0.1, 0.15) is 18.5 Å². The maximum absolute atomic E-state index is 10.8. The fourth-order valence-electron chi connectivity index (χ4n) is 5.75. The van der Waals surface area contributed by atoms with E-state index < -0.39 is 6.10 Å². The summed E-state index contributed by atoms with van der Waals surface area (Å²) in [5, 5.41) is 11.7. The Morgan fingerprint density at radius 2 is 1.42 bits per heavy atom. The van der Waals surface area contributed by atoms with Crippen molar-refractivity contribution in [2.75, 3.05) is 26.2 Å². The number of hydrogen-bond donors (Lipinski definition) is 1. The largest absolute Gasteiger partial charge is 0.490 e. The molecule has 1 unspecified atom stereocenters. The third-order valence-corrected chi connectivity index (χ3v) is 7.56. The number of aromatic nitrogens is 1. The van der Waals surface area contributed by atoms with Gasteiger partial charge < -0.3 is 9.84 Å². The van der Waals surface area contributed by atoms with Crippen LogP contribution in [0.15, 0.2) is 90.6 Å². The van der Waals surface area contributed by atoms with Crippen molar-refractivity contribution >= 4 is 16.5 Å². The Labute approximate surface area is 212 Å². The van der Waals surface area contributed by atoms with E-state index in [1.54, 1.807) is 11.8 Å². The second-order valence-electron chi connectivity index (χ2n) is 9.88. The van der Waals surface area contributed by atoms with E-state index >= 15 is 0 Å².